The Morgan fingerprint density at radius 2 is 2.08 bits per heavy atom. The molecule has 1 N–H and O–H groups in total. The van der Waals surface area contributed by atoms with Crippen molar-refractivity contribution in [2.75, 3.05) is 20.1 Å². The number of rotatable bonds is 2. The van der Waals surface area contributed by atoms with Gasteiger partial charge in [0.05, 0.1) is 0 Å². The Bertz CT molecular complexity index is 169. The van der Waals surface area contributed by atoms with Gasteiger partial charge in [0.25, 0.3) is 0 Å². The van der Waals surface area contributed by atoms with Crippen LogP contribution in [-0.2, 0) is 0 Å². The van der Waals surface area contributed by atoms with E-state index < -0.39 is 0 Å². The molecule has 0 aromatic rings. The van der Waals surface area contributed by atoms with Gasteiger partial charge in [-0.1, -0.05) is 13.3 Å². The van der Waals surface area contributed by atoms with Crippen molar-refractivity contribution in [1.82, 2.24) is 10.2 Å². The molecule has 13 heavy (non-hydrogen) atoms. The van der Waals surface area contributed by atoms with Gasteiger partial charge < -0.3 is 10.2 Å². The molecule has 0 amide bonds. The molecule has 0 bridgehead atoms. The molecule has 1 saturated carbocycles. The lowest BCUT2D eigenvalue weighted by molar-refractivity contribution is 0.353. The van der Waals surface area contributed by atoms with Gasteiger partial charge in [-0.3, -0.25) is 0 Å². The molecule has 2 aliphatic rings. The molecule has 1 saturated heterocycles. The van der Waals surface area contributed by atoms with E-state index >= 15 is 0 Å². The number of likely N-dealkylation sites (N-methyl/N-ethyl adjacent to an activating group) is 1. The summed E-state index contributed by atoms with van der Waals surface area (Å²) in [5.41, 5.74) is 0. The van der Waals surface area contributed by atoms with Gasteiger partial charge in [0.2, 0.25) is 0 Å². The van der Waals surface area contributed by atoms with Crippen molar-refractivity contribution in [3.63, 3.8) is 0 Å². The highest BCUT2D eigenvalue weighted by Gasteiger charge is 2.27. The minimum Gasteiger partial charge on any atom is -0.310 e. The van der Waals surface area contributed by atoms with E-state index in [-0.39, 0.29) is 0 Å². The van der Waals surface area contributed by atoms with Gasteiger partial charge in [-0.15, -0.1) is 0 Å². The number of hydrogen-bond acceptors (Lipinski definition) is 2. The van der Waals surface area contributed by atoms with Crippen LogP contribution in [0.4, 0.5) is 0 Å². The first-order valence-corrected chi connectivity index (χ1v) is 5.70. The fraction of sp³-hybridized carbons (Fsp3) is 1.00. The van der Waals surface area contributed by atoms with Gasteiger partial charge in [-0.05, 0) is 38.8 Å². The van der Waals surface area contributed by atoms with Crippen molar-refractivity contribution in [2.24, 2.45) is 5.92 Å². The summed E-state index contributed by atoms with van der Waals surface area (Å²) in [5, 5.41) is 3.82. The van der Waals surface area contributed by atoms with Crippen molar-refractivity contribution < 1.29 is 0 Å². The minimum absolute atomic E-state index is 0.774. The second-order valence-corrected chi connectivity index (χ2v) is 4.93. The Hall–Kier alpha value is -0.0800. The lowest BCUT2D eigenvalue weighted by Crippen LogP contribution is -2.40. The molecule has 3 atom stereocenters. The van der Waals surface area contributed by atoms with Gasteiger partial charge in [-0.25, -0.2) is 0 Å². The molecule has 2 heteroatoms. The van der Waals surface area contributed by atoms with Crippen molar-refractivity contribution in [3.8, 4) is 0 Å². The predicted molar refractivity (Wildman–Crippen MR) is 55.8 cm³/mol. The van der Waals surface area contributed by atoms with E-state index in [2.05, 4.69) is 24.2 Å². The Morgan fingerprint density at radius 3 is 2.62 bits per heavy atom. The van der Waals surface area contributed by atoms with Crippen LogP contribution >= 0.6 is 0 Å². The Labute approximate surface area is 81.7 Å². The molecule has 0 aromatic heterocycles. The van der Waals surface area contributed by atoms with Crippen LogP contribution in [0, 0.1) is 5.92 Å². The van der Waals surface area contributed by atoms with E-state index in [9.17, 15) is 0 Å². The third-order valence-corrected chi connectivity index (χ3v) is 3.70. The van der Waals surface area contributed by atoms with Crippen LogP contribution in [0.5, 0.6) is 0 Å². The van der Waals surface area contributed by atoms with Crippen molar-refractivity contribution in [2.45, 2.75) is 44.7 Å². The number of likely N-dealkylation sites (tertiary alicyclic amines) is 1. The summed E-state index contributed by atoms with van der Waals surface area (Å²) in [5.74, 6) is 0.908. The second-order valence-electron chi connectivity index (χ2n) is 4.93. The molecule has 1 aliphatic heterocycles. The first-order chi connectivity index (χ1) is 6.25. The summed E-state index contributed by atoms with van der Waals surface area (Å²) < 4.78 is 0. The lowest BCUT2D eigenvalue weighted by Gasteiger charge is -2.22. The van der Waals surface area contributed by atoms with Crippen LogP contribution in [0.25, 0.3) is 0 Å². The highest BCUT2D eigenvalue weighted by Crippen LogP contribution is 2.25. The van der Waals surface area contributed by atoms with Crippen LogP contribution in [0.15, 0.2) is 0 Å². The smallest absolute Gasteiger partial charge is 0.0209 e. The zero-order valence-electron chi connectivity index (χ0n) is 8.92. The highest BCUT2D eigenvalue weighted by atomic mass is 15.2. The summed E-state index contributed by atoms with van der Waals surface area (Å²) in [6, 6.07) is 1.59. The Kier molecular flexibility index (Phi) is 2.89. The maximum Gasteiger partial charge on any atom is 0.0209 e. The molecule has 2 fully saturated rings. The first kappa shape index (κ1) is 9.47. The SMILES string of the molecule is C[C@@H]1CCC[C@@H]1N[C@H]1CCN(C)C1. The molecule has 76 valence electrons. The zero-order chi connectivity index (χ0) is 9.26. The Balaban J connectivity index is 1.77. The van der Waals surface area contributed by atoms with Crippen LogP contribution in [-0.4, -0.2) is 37.1 Å². The molecular formula is C11H22N2. The molecule has 1 heterocycles. The lowest BCUT2D eigenvalue weighted by atomic mass is 10.1. The van der Waals surface area contributed by atoms with E-state index in [1.807, 2.05) is 0 Å². The number of nitrogens with zero attached hydrogens (tertiary/aromatic N) is 1. The first-order valence-electron chi connectivity index (χ1n) is 5.70. The van der Waals surface area contributed by atoms with Crippen LogP contribution in [0.2, 0.25) is 0 Å². The average molecular weight is 182 g/mol. The molecule has 0 aromatic carbocycles. The highest BCUT2D eigenvalue weighted by molar-refractivity contribution is 4.87. The van der Waals surface area contributed by atoms with E-state index in [1.165, 1.54) is 38.8 Å². The molecule has 0 unspecified atom stereocenters. The van der Waals surface area contributed by atoms with Crippen molar-refractivity contribution in [3.05, 3.63) is 0 Å². The van der Waals surface area contributed by atoms with E-state index in [4.69, 9.17) is 0 Å². The molecule has 1 aliphatic carbocycles. The van der Waals surface area contributed by atoms with E-state index in [1.54, 1.807) is 0 Å². The molecule has 0 radical (unpaired) electrons. The Morgan fingerprint density at radius 1 is 1.23 bits per heavy atom. The summed E-state index contributed by atoms with van der Waals surface area (Å²) in [7, 11) is 2.22. The quantitative estimate of drug-likeness (QED) is 0.695. The van der Waals surface area contributed by atoms with Crippen molar-refractivity contribution >= 4 is 0 Å². The maximum absolute atomic E-state index is 3.82. The largest absolute Gasteiger partial charge is 0.310 e. The molecular weight excluding hydrogens is 160 g/mol. The third-order valence-electron chi connectivity index (χ3n) is 3.70. The third kappa shape index (κ3) is 2.23. The topological polar surface area (TPSA) is 15.3 Å². The summed E-state index contributed by atoms with van der Waals surface area (Å²) in [6.45, 7) is 4.92. The maximum atomic E-state index is 3.82. The summed E-state index contributed by atoms with van der Waals surface area (Å²) in [6.07, 6.45) is 5.61. The summed E-state index contributed by atoms with van der Waals surface area (Å²) >= 11 is 0. The molecule has 2 rings (SSSR count). The van der Waals surface area contributed by atoms with Crippen molar-refractivity contribution in [1.29, 1.82) is 0 Å². The normalized spacial score (nSPS) is 41.5. The predicted octanol–water partition coefficient (Wildman–Crippen LogP) is 1.47. The second kappa shape index (κ2) is 3.97. The fourth-order valence-corrected chi connectivity index (χ4v) is 2.77. The monoisotopic (exact) mass is 182 g/mol. The summed E-state index contributed by atoms with van der Waals surface area (Å²) in [4.78, 5) is 2.43. The standard InChI is InChI=1S/C11H22N2/c1-9-4-3-5-11(9)12-10-6-7-13(2)8-10/h9-12H,3-8H2,1-2H3/t9-,10+,11+/m1/s1. The van der Waals surface area contributed by atoms with Crippen LogP contribution in [0.3, 0.4) is 0 Å². The minimum atomic E-state index is 0.774. The molecule has 0 spiro atoms. The molecule has 2 nitrogen and oxygen atoms in total. The fourth-order valence-electron chi connectivity index (χ4n) is 2.77. The number of hydrogen-bond donors (Lipinski definition) is 1. The number of nitrogens with one attached hydrogen (secondary N) is 1. The van der Waals surface area contributed by atoms with Gasteiger partial charge in [0.1, 0.15) is 0 Å². The van der Waals surface area contributed by atoms with Gasteiger partial charge in [0.15, 0.2) is 0 Å². The van der Waals surface area contributed by atoms with E-state index in [0.29, 0.717) is 0 Å². The van der Waals surface area contributed by atoms with Gasteiger partial charge in [-0.2, -0.15) is 0 Å². The van der Waals surface area contributed by atoms with Gasteiger partial charge in [0, 0.05) is 18.6 Å². The van der Waals surface area contributed by atoms with Crippen LogP contribution in [0.1, 0.15) is 32.6 Å². The van der Waals surface area contributed by atoms with E-state index in [0.717, 1.165) is 18.0 Å². The zero-order valence-corrected chi connectivity index (χ0v) is 8.92. The average Bonchev–Trinajstić information content (AvgIpc) is 2.64. The van der Waals surface area contributed by atoms with Crippen LogP contribution < -0.4 is 5.32 Å². The van der Waals surface area contributed by atoms with Gasteiger partial charge >= 0.3 is 0 Å².